The number of rotatable bonds is 0. The second-order valence-electron chi connectivity index (χ2n) is 4.67. The predicted molar refractivity (Wildman–Crippen MR) is 86.8 cm³/mol. The van der Waals surface area contributed by atoms with Crippen LogP contribution in [0, 0.1) is 0 Å². The fourth-order valence-corrected chi connectivity index (χ4v) is 6.47. The van der Waals surface area contributed by atoms with Crippen LogP contribution in [0.2, 0.25) is 0 Å². The van der Waals surface area contributed by atoms with Crippen molar-refractivity contribution in [2.24, 2.45) is 0 Å². The van der Waals surface area contributed by atoms with Crippen molar-refractivity contribution in [3.8, 4) is 0 Å². The molecule has 0 unspecified atom stereocenters. The lowest BCUT2D eigenvalue weighted by molar-refractivity contribution is 1.35. The minimum atomic E-state index is 1.35. The van der Waals surface area contributed by atoms with Gasteiger partial charge in [-0.2, -0.15) is 11.3 Å². The van der Waals surface area contributed by atoms with Gasteiger partial charge in [0.05, 0.1) is 0 Å². The molecule has 0 nitrogen and oxygen atoms in total. The third-order valence-electron chi connectivity index (χ3n) is 3.62. The van der Waals surface area contributed by atoms with E-state index in [9.17, 15) is 0 Å². The predicted octanol–water partition coefficient (Wildman–Crippen LogP) is 5.94. The molecule has 0 spiro atoms. The van der Waals surface area contributed by atoms with Crippen molar-refractivity contribution in [2.45, 2.75) is 9.79 Å². The molecule has 1 aliphatic carbocycles. The van der Waals surface area contributed by atoms with E-state index < -0.39 is 0 Å². The van der Waals surface area contributed by atoms with E-state index in [2.05, 4.69) is 47.2 Å². The van der Waals surface area contributed by atoms with Crippen LogP contribution in [0.3, 0.4) is 0 Å². The molecule has 0 amide bonds. The molecule has 90 valence electrons. The standard InChI is InChI=1S/C16H8S3/c1-3-9-4-2-6-11-14(9)10(5-1)15-16(11)19-13-8-17-7-12(13)18-15/h1-8H. The maximum Gasteiger partial charge on any atom is 0.0369 e. The Balaban J connectivity index is 1.85. The van der Waals surface area contributed by atoms with Crippen LogP contribution in [0.4, 0.5) is 0 Å². The van der Waals surface area contributed by atoms with E-state index in [4.69, 9.17) is 0 Å². The zero-order valence-electron chi connectivity index (χ0n) is 9.84. The maximum absolute atomic E-state index is 2.26. The first-order valence-corrected chi connectivity index (χ1v) is 8.68. The first-order chi connectivity index (χ1) is 9.42. The van der Waals surface area contributed by atoms with Crippen LogP contribution < -0.4 is 0 Å². The van der Waals surface area contributed by atoms with Crippen LogP contribution in [-0.4, -0.2) is 0 Å². The highest BCUT2D eigenvalue weighted by Crippen LogP contribution is 2.60. The molecule has 0 saturated carbocycles. The van der Waals surface area contributed by atoms with Gasteiger partial charge in [-0.15, -0.1) is 0 Å². The second-order valence-corrected chi connectivity index (χ2v) is 7.52. The van der Waals surface area contributed by atoms with Gasteiger partial charge in [-0.3, -0.25) is 0 Å². The molecule has 1 aliphatic heterocycles. The number of hydrogen-bond donors (Lipinski definition) is 0. The summed E-state index contributed by atoms with van der Waals surface area (Å²) in [7, 11) is 0. The van der Waals surface area contributed by atoms with Crippen molar-refractivity contribution >= 4 is 55.4 Å². The van der Waals surface area contributed by atoms with Crippen molar-refractivity contribution in [1.29, 1.82) is 0 Å². The number of thiophene rings is 1. The fourth-order valence-electron chi connectivity index (χ4n) is 2.81. The molecule has 1 aromatic heterocycles. The van der Waals surface area contributed by atoms with Gasteiger partial charge in [0.15, 0.2) is 0 Å². The monoisotopic (exact) mass is 296 g/mol. The maximum atomic E-state index is 2.26. The first kappa shape index (κ1) is 10.6. The summed E-state index contributed by atoms with van der Waals surface area (Å²) >= 11 is 5.67. The molecule has 0 N–H and O–H groups in total. The molecule has 2 aromatic carbocycles. The summed E-state index contributed by atoms with van der Waals surface area (Å²) in [5.41, 5.74) is 2.83. The lowest BCUT2D eigenvalue weighted by atomic mass is 10.0. The first-order valence-electron chi connectivity index (χ1n) is 6.10. The van der Waals surface area contributed by atoms with Crippen LogP contribution in [0.5, 0.6) is 0 Å². The van der Waals surface area contributed by atoms with Crippen LogP contribution in [0.1, 0.15) is 11.1 Å². The molecule has 2 aliphatic rings. The molecule has 0 fully saturated rings. The number of benzene rings is 2. The van der Waals surface area contributed by atoms with E-state index in [1.165, 1.54) is 41.5 Å². The molecule has 0 bridgehead atoms. The molecule has 2 heterocycles. The van der Waals surface area contributed by atoms with Crippen LogP contribution in [0.25, 0.3) is 20.6 Å². The van der Waals surface area contributed by atoms with Gasteiger partial charge in [0.1, 0.15) is 0 Å². The van der Waals surface area contributed by atoms with Crippen LogP contribution >= 0.6 is 34.9 Å². The van der Waals surface area contributed by atoms with Gasteiger partial charge in [0.2, 0.25) is 0 Å². The van der Waals surface area contributed by atoms with Gasteiger partial charge in [-0.25, -0.2) is 0 Å². The molecular weight excluding hydrogens is 288 g/mol. The molecule has 3 heteroatoms. The van der Waals surface area contributed by atoms with E-state index in [0.29, 0.717) is 0 Å². The van der Waals surface area contributed by atoms with Crippen molar-refractivity contribution in [3.05, 3.63) is 58.3 Å². The fraction of sp³-hybridized carbons (Fsp3) is 0. The topological polar surface area (TPSA) is 0 Å². The third-order valence-corrected chi connectivity index (χ3v) is 7.29. The van der Waals surface area contributed by atoms with Gasteiger partial charge in [-0.1, -0.05) is 59.9 Å². The van der Waals surface area contributed by atoms with E-state index in [0.717, 1.165) is 0 Å². The van der Waals surface area contributed by atoms with E-state index in [1.54, 1.807) is 11.3 Å². The van der Waals surface area contributed by atoms with Crippen LogP contribution in [0.15, 0.2) is 56.9 Å². The summed E-state index contributed by atoms with van der Waals surface area (Å²) in [6.45, 7) is 0. The Labute approximate surface area is 123 Å². The molecular formula is C16H8S3. The summed E-state index contributed by atoms with van der Waals surface area (Å²) in [6.07, 6.45) is 0. The zero-order valence-corrected chi connectivity index (χ0v) is 12.3. The molecule has 5 rings (SSSR count). The number of fused-ring (bicyclic) bond motifs is 3. The highest BCUT2D eigenvalue weighted by atomic mass is 32.2. The van der Waals surface area contributed by atoms with Gasteiger partial charge in [0.25, 0.3) is 0 Å². The summed E-state index contributed by atoms with van der Waals surface area (Å²) in [4.78, 5) is 5.72. The lowest BCUT2D eigenvalue weighted by Crippen LogP contribution is -1.83. The summed E-state index contributed by atoms with van der Waals surface area (Å²) < 4.78 is 0. The highest BCUT2D eigenvalue weighted by molar-refractivity contribution is 8.16. The summed E-state index contributed by atoms with van der Waals surface area (Å²) in [5, 5.41) is 7.32. The highest BCUT2D eigenvalue weighted by Gasteiger charge is 2.29. The number of hydrogen-bond acceptors (Lipinski definition) is 3. The van der Waals surface area contributed by atoms with Crippen molar-refractivity contribution in [3.63, 3.8) is 0 Å². The SMILES string of the molecule is c1cc2c3c(cccc3c1)C1=C2Sc2cscc2S1. The quantitative estimate of drug-likeness (QED) is 0.503. The van der Waals surface area contributed by atoms with E-state index >= 15 is 0 Å². The molecule has 0 saturated heterocycles. The van der Waals surface area contributed by atoms with Crippen molar-refractivity contribution in [2.75, 3.05) is 0 Å². The largest absolute Gasteiger partial charge is 0.150 e. The summed E-state index contributed by atoms with van der Waals surface area (Å²) in [5.74, 6) is 0. The molecule has 19 heavy (non-hydrogen) atoms. The van der Waals surface area contributed by atoms with Gasteiger partial charge < -0.3 is 0 Å². The average Bonchev–Trinajstić information content (AvgIpc) is 3.02. The molecule has 0 radical (unpaired) electrons. The molecule has 3 aromatic rings. The molecule has 0 atom stereocenters. The normalized spacial score (nSPS) is 15.8. The average molecular weight is 296 g/mol. The Kier molecular flexibility index (Phi) is 2.06. The van der Waals surface area contributed by atoms with Gasteiger partial charge in [0, 0.05) is 30.4 Å². The minimum absolute atomic E-state index is 1.35. The lowest BCUT2D eigenvalue weighted by Gasteiger charge is -2.14. The number of thioether (sulfide) groups is 2. The van der Waals surface area contributed by atoms with Crippen LogP contribution in [-0.2, 0) is 0 Å². The smallest absolute Gasteiger partial charge is 0.0369 e. The Morgan fingerprint density at radius 1 is 0.684 bits per heavy atom. The van der Waals surface area contributed by atoms with Gasteiger partial charge >= 0.3 is 0 Å². The van der Waals surface area contributed by atoms with Gasteiger partial charge in [-0.05, 0) is 21.9 Å². The van der Waals surface area contributed by atoms with E-state index in [1.807, 2.05) is 23.5 Å². The van der Waals surface area contributed by atoms with E-state index in [-0.39, 0.29) is 0 Å². The Bertz CT molecular complexity index is 805. The van der Waals surface area contributed by atoms with Crippen molar-refractivity contribution in [1.82, 2.24) is 0 Å². The Morgan fingerprint density at radius 3 is 1.84 bits per heavy atom. The second kappa shape index (κ2) is 3.69. The third kappa shape index (κ3) is 1.33. The zero-order chi connectivity index (χ0) is 12.4. The minimum Gasteiger partial charge on any atom is -0.150 e. The van der Waals surface area contributed by atoms with Crippen molar-refractivity contribution < 1.29 is 0 Å². The summed E-state index contributed by atoms with van der Waals surface area (Å²) in [6, 6.07) is 13.3. The Hall–Kier alpha value is -1.16. The Morgan fingerprint density at radius 2 is 1.26 bits per heavy atom.